The molecule has 196 valence electrons. The maximum absolute atomic E-state index is 13.7. The average Bonchev–Trinajstić information content (AvgIpc) is 3.51. The van der Waals surface area contributed by atoms with Gasteiger partial charge >= 0.3 is 0 Å². The van der Waals surface area contributed by atoms with Gasteiger partial charge in [0, 0.05) is 23.7 Å². The smallest absolute Gasteiger partial charge is 0.189 e. The van der Waals surface area contributed by atoms with Gasteiger partial charge in [0.2, 0.25) is 0 Å². The predicted molar refractivity (Wildman–Crippen MR) is 145 cm³/mol. The average molecular weight is 552 g/mol. The molecule has 5 aromatic rings. The zero-order valence-electron chi connectivity index (χ0n) is 21.3. The Hall–Kier alpha value is -3.83. The lowest BCUT2D eigenvalue weighted by Gasteiger charge is -2.20. The van der Waals surface area contributed by atoms with Crippen LogP contribution in [-0.4, -0.2) is 55.7 Å². The molecular weight excluding hydrogens is 526 g/mol. The number of rotatable bonds is 8. The number of fused-ring (bicyclic) bond motifs is 1. The summed E-state index contributed by atoms with van der Waals surface area (Å²) in [7, 11) is -2.17. The van der Waals surface area contributed by atoms with Crippen LogP contribution in [0.1, 0.15) is 37.0 Å². The van der Waals surface area contributed by atoms with Crippen LogP contribution in [0, 0.1) is 6.92 Å². The summed E-state index contributed by atoms with van der Waals surface area (Å²) in [6.45, 7) is 5.35. The van der Waals surface area contributed by atoms with Gasteiger partial charge in [-0.1, -0.05) is 48.9 Å². The standard InChI is InChI=1S/C26H26ClN7O3S/c1-15-8-7-11-21(37-4)24(15)34-22(31-33-26(34)23-19-9-5-6-10-20(19)30-32-23)14-38(35,36)17(3)16(2)25-28-12-18(27)13-29-25/h5-13,16-17H,14H2,1-4H3,(H,30,32)/t16-,17-/m1/s1. The van der Waals surface area contributed by atoms with Gasteiger partial charge in [0.05, 0.1) is 28.6 Å². The number of hydrogen-bond donors (Lipinski definition) is 1. The van der Waals surface area contributed by atoms with Crippen molar-refractivity contribution in [2.45, 2.75) is 37.7 Å². The highest BCUT2D eigenvalue weighted by molar-refractivity contribution is 7.91. The molecule has 3 heterocycles. The number of ether oxygens (including phenoxy) is 1. The van der Waals surface area contributed by atoms with Crippen molar-refractivity contribution in [1.29, 1.82) is 0 Å². The Bertz CT molecular complexity index is 1710. The van der Waals surface area contributed by atoms with Crippen molar-refractivity contribution in [3.05, 3.63) is 77.1 Å². The van der Waals surface area contributed by atoms with Crippen LogP contribution >= 0.6 is 11.6 Å². The molecule has 0 amide bonds. The van der Waals surface area contributed by atoms with E-state index in [2.05, 4.69) is 30.4 Å². The number of methoxy groups -OCH3 is 1. The van der Waals surface area contributed by atoms with Crippen molar-refractivity contribution in [3.8, 4) is 23.0 Å². The van der Waals surface area contributed by atoms with E-state index in [9.17, 15) is 8.42 Å². The second-order valence-electron chi connectivity index (χ2n) is 9.08. The molecule has 1 N–H and O–H groups in total. The van der Waals surface area contributed by atoms with Gasteiger partial charge in [0.15, 0.2) is 21.5 Å². The Kier molecular flexibility index (Phi) is 6.89. The molecule has 0 fully saturated rings. The lowest BCUT2D eigenvalue weighted by atomic mass is 10.1. The van der Waals surface area contributed by atoms with Crippen LogP contribution in [0.3, 0.4) is 0 Å². The second kappa shape index (κ2) is 10.1. The van der Waals surface area contributed by atoms with Crippen molar-refractivity contribution >= 4 is 32.3 Å². The number of halogens is 1. The minimum absolute atomic E-state index is 0.246. The maximum atomic E-state index is 13.7. The normalized spacial score (nSPS) is 13.5. The largest absolute Gasteiger partial charge is 0.495 e. The molecule has 0 aliphatic heterocycles. The molecule has 0 bridgehead atoms. The van der Waals surface area contributed by atoms with Crippen LogP contribution < -0.4 is 4.74 Å². The number of hydrogen-bond acceptors (Lipinski definition) is 8. The van der Waals surface area contributed by atoms with Gasteiger partial charge in [0.1, 0.15) is 23.0 Å². The molecule has 2 aromatic carbocycles. The van der Waals surface area contributed by atoms with Crippen LogP contribution in [0.15, 0.2) is 54.9 Å². The van der Waals surface area contributed by atoms with E-state index in [0.717, 1.165) is 16.5 Å². The van der Waals surface area contributed by atoms with E-state index < -0.39 is 21.0 Å². The van der Waals surface area contributed by atoms with E-state index in [1.165, 1.54) is 12.4 Å². The van der Waals surface area contributed by atoms with Crippen LogP contribution in [-0.2, 0) is 15.6 Å². The number of benzene rings is 2. The number of aryl methyl sites for hydroxylation is 1. The van der Waals surface area contributed by atoms with Gasteiger partial charge in [-0.25, -0.2) is 18.4 Å². The first-order chi connectivity index (χ1) is 18.2. The number of para-hydroxylation sites is 2. The number of sulfone groups is 1. The first-order valence-electron chi connectivity index (χ1n) is 11.9. The predicted octanol–water partition coefficient (Wildman–Crippen LogP) is 4.68. The SMILES string of the molecule is COc1cccc(C)c1-n1c(CS(=O)(=O)[C@H](C)[C@@H](C)c2ncc(Cl)cn2)nnc1-c1n[nH]c2ccccc12. The lowest BCUT2D eigenvalue weighted by Crippen LogP contribution is -2.27. The van der Waals surface area contributed by atoms with Gasteiger partial charge < -0.3 is 4.74 Å². The van der Waals surface area contributed by atoms with Crippen molar-refractivity contribution in [2.75, 3.05) is 7.11 Å². The van der Waals surface area contributed by atoms with Crippen molar-refractivity contribution in [3.63, 3.8) is 0 Å². The van der Waals surface area contributed by atoms with Crippen LogP contribution in [0.4, 0.5) is 0 Å². The molecule has 0 unspecified atom stereocenters. The van der Waals surface area contributed by atoms with Crippen molar-refractivity contribution < 1.29 is 13.2 Å². The summed E-state index contributed by atoms with van der Waals surface area (Å²) in [6, 6.07) is 13.3. The number of nitrogens with zero attached hydrogens (tertiary/aromatic N) is 6. The number of aromatic nitrogens is 7. The van der Waals surface area contributed by atoms with Crippen LogP contribution in [0.2, 0.25) is 5.02 Å². The van der Waals surface area contributed by atoms with E-state index in [1.54, 1.807) is 25.5 Å². The fourth-order valence-corrected chi connectivity index (χ4v) is 6.06. The zero-order valence-corrected chi connectivity index (χ0v) is 22.8. The third-order valence-electron chi connectivity index (χ3n) is 6.70. The van der Waals surface area contributed by atoms with E-state index in [1.807, 2.05) is 49.4 Å². The highest BCUT2D eigenvalue weighted by Crippen LogP contribution is 2.34. The third kappa shape index (κ3) is 4.63. The summed E-state index contributed by atoms with van der Waals surface area (Å²) in [5.41, 5.74) is 2.89. The molecule has 5 rings (SSSR count). The number of H-pyrrole nitrogens is 1. The van der Waals surface area contributed by atoms with Crippen LogP contribution in [0.25, 0.3) is 28.1 Å². The first-order valence-corrected chi connectivity index (χ1v) is 14.0. The minimum atomic E-state index is -3.74. The van der Waals surface area contributed by atoms with Gasteiger partial charge in [-0.05, 0) is 31.5 Å². The fourth-order valence-electron chi connectivity index (χ4n) is 4.41. The molecule has 0 aliphatic rings. The molecular formula is C26H26ClN7O3S. The van der Waals surface area contributed by atoms with Gasteiger partial charge in [0.25, 0.3) is 0 Å². The topological polar surface area (TPSA) is 129 Å². The number of aromatic amines is 1. The van der Waals surface area contributed by atoms with E-state index >= 15 is 0 Å². The molecule has 10 nitrogen and oxygen atoms in total. The Balaban J connectivity index is 1.63. The Morgan fingerprint density at radius 2 is 1.79 bits per heavy atom. The maximum Gasteiger partial charge on any atom is 0.189 e. The second-order valence-corrected chi connectivity index (χ2v) is 11.9. The Morgan fingerprint density at radius 1 is 1.05 bits per heavy atom. The first kappa shape index (κ1) is 25.8. The molecule has 3 aromatic heterocycles. The van der Waals surface area contributed by atoms with Crippen molar-refractivity contribution in [1.82, 2.24) is 34.9 Å². The molecule has 12 heteroatoms. The molecule has 2 atom stereocenters. The Labute approximate surface area is 225 Å². The van der Waals surface area contributed by atoms with Crippen LogP contribution in [0.5, 0.6) is 5.75 Å². The van der Waals surface area contributed by atoms with Gasteiger partial charge in [-0.3, -0.25) is 9.67 Å². The molecule has 0 spiro atoms. The third-order valence-corrected chi connectivity index (χ3v) is 9.10. The Morgan fingerprint density at radius 3 is 2.53 bits per heavy atom. The van der Waals surface area contributed by atoms with E-state index in [0.29, 0.717) is 33.8 Å². The summed E-state index contributed by atoms with van der Waals surface area (Å²) in [5, 5.41) is 16.7. The van der Waals surface area contributed by atoms with E-state index in [-0.39, 0.29) is 11.6 Å². The quantitative estimate of drug-likeness (QED) is 0.294. The molecule has 38 heavy (non-hydrogen) atoms. The highest BCUT2D eigenvalue weighted by Gasteiger charge is 2.33. The van der Waals surface area contributed by atoms with Crippen molar-refractivity contribution in [2.24, 2.45) is 0 Å². The molecule has 0 saturated heterocycles. The number of nitrogens with one attached hydrogen (secondary N) is 1. The molecule has 0 aliphatic carbocycles. The highest BCUT2D eigenvalue weighted by atomic mass is 35.5. The summed E-state index contributed by atoms with van der Waals surface area (Å²) < 4.78 is 34.8. The molecule has 0 radical (unpaired) electrons. The summed E-state index contributed by atoms with van der Waals surface area (Å²) in [6.07, 6.45) is 2.92. The van der Waals surface area contributed by atoms with Gasteiger partial charge in [-0.2, -0.15) is 5.10 Å². The van der Waals surface area contributed by atoms with E-state index in [4.69, 9.17) is 16.3 Å². The zero-order chi connectivity index (χ0) is 27.0. The monoisotopic (exact) mass is 551 g/mol. The minimum Gasteiger partial charge on any atom is -0.495 e. The van der Waals surface area contributed by atoms with Gasteiger partial charge in [-0.15, -0.1) is 10.2 Å². The lowest BCUT2D eigenvalue weighted by molar-refractivity contribution is 0.412. The summed E-state index contributed by atoms with van der Waals surface area (Å²) in [5.74, 6) is 0.768. The summed E-state index contributed by atoms with van der Waals surface area (Å²) >= 11 is 5.91. The molecule has 0 saturated carbocycles. The summed E-state index contributed by atoms with van der Waals surface area (Å²) in [4.78, 5) is 8.43. The fraction of sp³-hybridized carbons (Fsp3) is 0.269.